The van der Waals surface area contributed by atoms with Crippen LogP contribution in [0.1, 0.15) is 0 Å². The van der Waals surface area contributed by atoms with Crippen LogP contribution in [-0.2, 0) is 14.4 Å². The van der Waals surface area contributed by atoms with Crippen LogP contribution in [-0.4, -0.2) is 44.7 Å². The third-order valence-electron chi connectivity index (χ3n) is 1.26. The number of hydrogen-bond donors (Lipinski definition) is 1. The van der Waals surface area contributed by atoms with Crippen molar-refractivity contribution in [3.05, 3.63) is 0 Å². The van der Waals surface area contributed by atoms with Crippen molar-refractivity contribution in [1.82, 2.24) is 4.90 Å². The predicted octanol–water partition coefficient (Wildman–Crippen LogP) is -1.02. The summed E-state index contributed by atoms with van der Waals surface area (Å²) >= 11 is 0. The van der Waals surface area contributed by atoms with E-state index in [0.29, 0.717) is 13.2 Å². The zero-order valence-electron chi connectivity index (χ0n) is 6.87. The third-order valence-corrected chi connectivity index (χ3v) is 1.26. The fourth-order valence-corrected chi connectivity index (χ4v) is 0.534. The number of nitrogens with zero attached hydrogens (tertiary/aromatic N) is 1. The molecule has 0 aliphatic heterocycles. The maximum Gasteiger partial charge on any atom is 0.250 e. The van der Waals surface area contributed by atoms with Crippen molar-refractivity contribution in [3.63, 3.8) is 0 Å². The first-order valence-corrected chi connectivity index (χ1v) is 3.27. The Hall–Kier alpha value is -0.650. The lowest BCUT2D eigenvalue weighted by atomic mass is 10.5. The number of carbonyl (C=O) groups excluding carboxylic acids is 1. The van der Waals surface area contributed by atoms with Crippen molar-refractivity contribution >= 4 is 5.91 Å². The van der Waals surface area contributed by atoms with Crippen molar-refractivity contribution in [3.8, 4) is 0 Å². The van der Waals surface area contributed by atoms with Crippen LogP contribution >= 0.6 is 0 Å². The molecule has 0 bridgehead atoms. The van der Waals surface area contributed by atoms with E-state index in [1.807, 2.05) is 0 Å². The van der Waals surface area contributed by atoms with Gasteiger partial charge in [0.05, 0.1) is 6.61 Å². The highest BCUT2D eigenvalue weighted by molar-refractivity contribution is 5.77. The maximum atomic E-state index is 10.9. The van der Waals surface area contributed by atoms with Gasteiger partial charge in [0, 0.05) is 20.7 Å². The molecule has 0 saturated heterocycles. The van der Waals surface area contributed by atoms with Crippen LogP contribution in [0.25, 0.3) is 0 Å². The summed E-state index contributed by atoms with van der Waals surface area (Å²) in [5, 5.41) is 0. The standard InChI is InChI=1S/C6H14N2O3/c1-8(3-4-10-2)6(9)5-11-7/h3-5,7H2,1-2H3. The number of amides is 1. The van der Waals surface area contributed by atoms with Gasteiger partial charge in [-0.2, -0.15) is 0 Å². The Balaban J connectivity index is 3.46. The molecular weight excluding hydrogens is 148 g/mol. The van der Waals surface area contributed by atoms with Crippen molar-refractivity contribution in [2.45, 2.75) is 0 Å². The molecule has 0 heterocycles. The molecule has 0 fully saturated rings. The molecule has 66 valence electrons. The zero-order valence-corrected chi connectivity index (χ0v) is 6.87. The fourth-order valence-electron chi connectivity index (χ4n) is 0.534. The summed E-state index contributed by atoms with van der Waals surface area (Å²) in [4.78, 5) is 16.6. The van der Waals surface area contributed by atoms with Gasteiger partial charge in [0.25, 0.3) is 5.91 Å². The maximum absolute atomic E-state index is 10.9. The molecule has 0 aromatic heterocycles. The van der Waals surface area contributed by atoms with Gasteiger partial charge in [0.1, 0.15) is 6.61 Å². The second-order valence-corrected chi connectivity index (χ2v) is 2.12. The first kappa shape index (κ1) is 10.3. The zero-order chi connectivity index (χ0) is 8.69. The van der Waals surface area contributed by atoms with Crippen molar-refractivity contribution < 1.29 is 14.4 Å². The summed E-state index contributed by atoms with van der Waals surface area (Å²) < 4.78 is 4.77. The Bertz CT molecular complexity index is 118. The van der Waals surface area contributed by atoms with Gasteiger partial charge in [-0.1, -0.05) is 0 Å². The topological polar surface area (TPSA) is 64.8 Å². The summed E-state index contributed by atoms with van der Waals surface area (Å²) in [6, 6.07) is 0. The van der Waals surface area contributed by atoms with E-state index in [4.69, 9.17) is 10.6 Å². The molecule has 11 heavy (non-hydrogen) atoms. The average Bonchev–Trinajstić information content (AvgIpc) is 2.00. The first-order valence-electron chi connectivity index (χ1n) is 3.27. The van der Waals surface area contributed by atoms with Crippen LogP contribution in [0.2, 0.25) is 0 Å². The van der Waals surface area contributed by atoms with E-state index in [2.05, 4.69) is 4.84 Å². The number of methoxy groups -OCH3 is 1. The summed E-state index contributed by atoms with van der Waals surface area (Å²) in [6.45, 7) is 0.992. The number of likely N-dealkylation sites (N-methyl/N-ethyl adjacent to an activating group) is 1. The number of nitrogens with two attached hydrogens (primary N) is 1. The lowest BCUT2D eigenvalue weighted by Gasteiger charge is -2.15. The molecule has 0 aromatic rings. The van der Waals surface area contributed by atoms with Gasteiger partial charge in [-0.05, 0) is 0 Å². The smallest absolute Gasteiger partial charge is 0.250 e. The van der Waals surface area contributed by atoms with Gasteiger partial charge in [0.2, 0.25) is 0 Å². The Morgan fingerprint density at radius 2 is 2.27 bits per heavy atom. The minimum atomic E-state index is -0.149. The molecule has 0 aliphatic carbocycles. The lowest BCUT2D eigenvalue weighted by Crippen LogP contribution is -2.33. The molecule has 0 rings (SSSR count). The summed E-state index contributed by atoms with van der Waals surface area (Å²) in [6.07, 6.45) is 0. The molecule has 1 amide bonds. The van der Waals surface area contributed by atoms with E-state index in [1.165, 1.54) is 4.90 Å². The highest BCUT2D eigenvalue weighted by atomic mass is 16.6. The van der Waals surface area contributed by atoms with Crippen molar-refractivity contribution in [2.75, 3.05) is 33.9 Å². The van der Waals surface area contributed by atoms with Gasteiger partial charge in [-0.25, -0.2) is 5.90 Å². The van der Waals surface area contributed by atoms with Crippen LogP contribution in [0.4, 0.5) is 0 Å². The van der Waals surface area contributed by atoms with E-state index >= 15 is 0 Å². The molecule has 0 radical (unpaired) electrons. The number of hydrogen-bond acceptors (Lipinski definition) is 4. The predicted molar refractivity (Wildman–Crippen MR) is 39.7 cm³/mol. The third kappa shape index (κ3) is 4.72. The minimum absolute atomic E-state index is 0.0831. The normalized spacial score (nSPS) is 9.73. The molecule has 0 atom stereocenters. The minimum Gasteiger partial charge on any atom is -0.383 e. The van der Waals surface area contributed by atoms with E-state index < -0.39 is 0 Å². The second kappa shape index (κ2) is 6.09. The van der Waals surface area contributed by atoms with Gasteiger partial charge >= 0.3 is 0 Å². The van der Waals surface area contributed by atoms with Crippen LogP contribution in [0.3, 0.4) is 0 Å². The summed E-state index contributed by atoms with van der Waals surface area (Å²) in [5.74, 6) is 4.57. The largest absolute Gasteiger partial charge is 0.383 e. The molecule has 0 spiro atoms. The van der Waals surface area contributed by atoms with Crippen LogP contribution < -0.4 is 5.90 Å². The number of ether oxygens (including phenoxy) is 1. The van der Waals surface area contributed by atoms with Gasteiger partial charge in [-0.15, -0.1) is 0 Å². The van der Waals surface area contributed by atoms with Gasteiger partial charge in [-0.3, -0.25) is 9.63 Å². The Labute approximate surface area is 66.0 Å². The lowest BCUT2D eigenvalue weighted by molar-refractivity contribution is -0.135. The molecule has 0 aliphatic rings. The fraction of sp³-hybridized carbons (Fsp3) is 0.833. The Kier molecular flexibility index (Phi) is 5.73. The van der Waals surface area contributed by atoms with E-state index in [-0.39, 0.29) is 12.5 Å². The molecule has 0 saturated carbocycles. The molecule has 5 heteroatoms. The van der Waals surface area contributed by atoms with Crippen LogP contribution in [0.15, 0.2) is 0 Å². The van der Waals surface area contributed by atoms with Gasteiger partial charge < -0.3 is 9.64 Å². The Morgan fingerprint density at radius 1 is 1.64 bits per heavy atom. The monoisotopic (exact) mass is 162 g/mol. The highest BCUT2D eigenvalue weighted by Crippen LogP contribution is 1.84. The second-order valence-electron chi connectivity index (χ2n) is 2.12. The SMILES string of the molecule is COCCN(C)C(=O)CON. The molecule has 2 N–H and O–H groups in total. The van der Waals surface area contributed by atoms with Crippen LogP contribution in [0.5, 0.6) is 0 Å². The number of rotatable bonds is 5. The first-order chi connectivity index (χ1) is 5.22. The van der Waals surface area contributed by atoms with Crippen molar-refractivity contribution in [1.29, 1.82) is 0 Å². The van der Waals surface area contributed by atoms with Gasteiger partial charge in [0.15, 0.2) is 0 Å². The van der Waals surface area contributed by atoms with E-state index in [1.54, 1.807) is 14.2 Å². The van der Waals surface area contributed by atoms with Crippen molar-refractivity contribution in [2.24, 2.45) is 5.90 Å². The molecule has 0 unspecified atom stereocenters. The highest BCUT2D eigenvalue weighted by Gasteiger charge is 2.06. The summed E-state index contributed by atoms with van der Waals surface area (Å²) in [7, 11) is 3.25. The average molecular weight is 162 g/mol. The summed E-state index contributed by atoms with van der Waals surface area (Å²) in [5.41, 5.74) is 0. The number of carbonyl (C=O) groups is 1. The molecular formula is C6H14N2O3. The van der Waals surface area contributed by atoms with Crippen LogP contribution in [0, 0.1) is 0 Å². The molecule has 0 aromatic carbocycles. The quantitative estimate of drug-likeness (QED) is 0.526. The van der Waals surface area contributed by atoms with E-state index in [9.17, 15) is 4.79 Å². The molecule has 5 nitrogen and oxygen atoms in total. The Morgan fingerprint density at radius 3 is 2.73 bits per heavy atom. The van der Waals surface area contributed by atoms with E-state index in [0.717, 1.165) is 0 Å².